The van der Waals surface area contributed by atoms with Gasteiger partial charge >= 0.3 is 0 Å². The number of aromatic nitrogens is 2. The van der Waals surface area contributed by atoms with Crippen LogP contribution in [0.25, 0.3) is 0 Å². The standard InChI is InChI=1S/C15H21N3O2S/c1-10(2)9-16-15-17-14(18-21-15)8-11-5-6-12(19-3)13(7-11)20-4/h5-7,10H,8-9H2,1-4H3,(H,16,17,18). The molecule has 0 bridgehead atoms. The van der Waals surface area contributed by atoms with E-state index in [-0.39, 0.29) is 0 Å². The highest BCUT2D eigenvalue weighted by atomic mass is 32.1. The third-order valence-corrected chi connectivity index (χ3v) is 3.65. The number of ether oxygens (including phenoxy) is 2. The number of hydrogen-bond acceptors (Lipinski definition) is 6. The number of hydrogen-bond donors (Lipinski definition) is 1. The largest absolute Gasteiger partial charge is 0.493 e. The lowest BCUT2D eigenvalue weighted by atomic mass is 10.1. The summed E-state index contributed by atoms with van der Waals surface area (Å²) in [6.45, 7) is 5.24. The van der Waals surface area contributed by atoms with Crippen LogP contribution in [0.15, 0.2) is 18.2 Å². The Hall–Kier alpha value is -1.82. The van der Waals surface area contributed by atoms with Crippen molar-refractivity contribution >= 4 is 16.7 Å². The van der Waals surface area contributed by atoms with Crippen molar-refractivity contribution in [3.8, 4) is 11.5 Å². The van der Waals surface area contributed by atoms with Gasteiger partial charge in [0.05, 0.1) is 14.2 Å². The van der Waals surface area contributed by atoms with E-state index in [9.17, 15) is 0 Å². The molecule has 0 saturated heterocycles. The average molecular weight is 307 g/mol. The number of nitrogens with zero attached hydrogens (tertiary/aromatic N) is 2. The molecule has 1 heterocycles. The molecule has 6 heteroatoms. The van der Waals surface area contributed by atoms with E-state index >= 15 is 0 Å². The minimum absolute atomic E-state index is 0.586. The van der Waals surface area contributed by atoms with E-state index in [4.69, 9.17) is 9.47 Å². The molecule has 21 heavy (non-hydrogen) atoms. The average Bonchev–Trinajstić information content (AvgIpc) is 2.92. The van der Waals surface area contributed by atoms with Gasteiger partial charge in [-0.1, -0.05) is 19.9 Å². The Balaban J connectivity index is 2.04. The maximum absolute atomic E-state index is 5.31. The Labute approximate surface area is 129 Å². The molecule has 1 aromatic carbocycles. The SMILES string of the molecule is COc1ccc(Cc2nsc(NCC(C)C)n2)cc1OC. The lowest BCUT2D eigenvalue weighted by molar-refractivity contribution is 0.354. The molecule has 0 saturated carbocycles. The van der Waals surface area contributed by atoms with Gasteiger partial charge in [0.1, 0.15) is 5.82 Å². The van der Waals surface area contributed by atoms with Gasteiger partial charge in [0, 0.05) is 24.5 Å². The van der Waals surface area contributed by atoms with Crippen molar-refractivity contribution in [2.45, 2.75) is 20.3 Å². The Morgan fingerprint density at radius 3 is 2.62 bits per heavy atom. The first-order valence-corrected chi connectivity index (χ1v) is 7.67. The lowest BCUT2D eigenvalue weighted by Gasteiger charge is -2.08. The van der Waals surface area contributed by atoms with Gasteiger partial charge < -0.3 is 14.8 Å². The van der Waals surface area contributed by atoms with Crippen LogP contribution in [0.2, 0.25) is 0 Å². The van der Waals surface area contributed by atoms with Crippen LogP contribution in [0.5, 0.6) is 11.5 Å². The van der Waals surface area contributed by atoms with E-state index < -0.39 is 0 Å². The zero-order valence-corrected chi connectivity index (χ0v) is 13.7. The number of anilines is 1. The van der Waals surface area contributed by atoms with E-state index in [1.807, 2.05) is 18.2 Å². The van der Waals surface area contributed by atoms with E-state index in [2.05, 4.69) is 28.5 Å². The van der Waals surface area contributed by atoms with Gasteiger partial charge in [-0.2, -0.15) is 4.37 Å². The lowest BCUT2D eigenvalue weighted by Crippen LogP contribution is -2.07. The summed E-state index contributed by atoms with van der Waals surface area (Å²) in [7, 11) is 3.27. The topological polar surface area (TPSA) is 56.3 Å². The third kappa shape index (κ3) is 4.32. The van der Waals surface area contributed by atoms with E-state index in [1.165, 1.54) is 11.5 Å². The molecule has 0 aliphatic rings. The fourth-order valence-corrected chi connectivity index (χ4v) is 2.45. The van der Waals surface area contributed by atoms with Gasteiger partial charge in [-0.15, -0.1) is 0 Å². The highest BCUT2D eigenvalue weighted by Gasteiger charge is 2.09. The minimum atomic E-state index is 0.586. The first-order chi connectivity index (χ1) is 10.1. The second-order valence-corrected chi connectivity index (χ2v) is 5.91. The van der Waals surface area contributed by atoms with Gasteiger partial charge in [0.15, 0.2) is 11.5 Å². The molecular weight excluding hydrogens is 286 g/mol. The third-order valence-electron chi connectivity index (χ3n) is 2.94. The van der Waals surface area contributed by atoms with Crippen molar-refractivity contribution in [1.82, 2.24) is 9.36 Å². The van der Waals surface area contributed by atoms with Crippen LogP contribution >= 0.6 is 11.5 Å². The summed E-state index contributed by atoms with van der Waals surface area (Å²) in [5, 5.41) is 4.17. The van der Waals surface area contributed by atoms with Gasteiger partial charge in [-0.3, -0.25) is 0 Å². The second kappa shape index (κ2) is 7.26. The predicted octanol–water partition coefficient (Wildman–Crippen LogP) is 3.21. The molecule has 114 valence electrons. The first-order valence-electron chi connectivity index (χ1n) is 6.89. The van der Waals surface area contributed by atoms with Gasteiger partial charge in [0.25, 0.3) is 0 Å². The molecule has 0 amide bonds. The smallest absolute Gasteiger partial charge is 0.202 e. The summed E-state index contributed by atoms with van der Waals surface area (Å²) in [5.74, 6) is 2.86. The van der Waals surface area contributed by atoms with Crippen molar-refractivity contribution in [3.05, 3.63) is 29.6 Å². The highest BCUT2D eigenvalue weighted by Crippen LogP contribution is 2.28. The number of benzene rings is 1. The van der Waals surface area contributed by atoms with Crippen LogP contribution in [-0.2, 0) is 6.42 Å². The molecule has 0 atom stereocenters. The molecule has 0 fully saturated rings. The fourth-order valence-electron chi connectivity index (χ4n) is 1.86. The summed E-state index contributed by atoms with van der Waals surface area (Å²) in [5.41, 5.74) is 1.10. The van der Waals surface area contributed by atoms with Crippen LogP contribution in [-0.4, -0.2) is 30.1 Å². The van der Waals surface area contributed by atoms with Crippen LogP contribution in [0.4, 0.5) is 5.13 Å². The Morgan fingerprint density at radius 1 is 1.19 bits per heavy atom. The number of nitrogens with one attached hydrogen (secondary N) is 1. The molecule has 0 spiro atoms. The monoisotopic (exact) mass is 307 g/mol. The van der Waals surface area contributed by atoms with Crippen molar-refractivity contribution in [3.63, 3.8) is 0 Å². The van der Waals surface area contributed by atoms with E-state index in [1.54, 1.807) is 14.2 Å². The number of methoxy groups -OCH3 is 2. The minimum Gasteiger partial charge on any atom is -0.493 e. The Morgan fingerprint density at radius 2 is 1.95 bits per heavy atom. The van der Waals surface area contributed by atoms with Gasteiger partial charge in [0.2, 0.25) is 5.13 Å². The van der Waals surface area contributed by atoms with E-state index in [0.717, 1.165) is 34.6 Å². The first kappa shape index (κ1) is 15.6. The maximum Gasteiger partial charge on any atom is 0.202 e. The Kier molecular flexibility index (Phi) is 5.38. The predicted molar refractivity (Wildman–Crippen MR) is 85.6 cm³/mol. The van der Waals surface area contributed by atoms with Crippen LogP contribution in [0.1, 0.15) is 25.2 Å². The van der Waals surface area contributed by atoms with Crippen molar-refractivity contribution in [2.24, 2.45) is 5.92 Å². The van der Waals surface area contributed by atoms with Crippen LogP contribution < -0.4 is 14.8 Å². The summed E-state index contributed by atoms with van der Waals surface area (Å²) in [6.07, 6.45) is 0.681. The van der Waals surface area contributed by atoms with E-state index in [0.29, 0.717) is 12.3 Å². The van der Waals surface area contributed by atoms with Gasteiger partial charge in [-0.25, -0.2) is 4.98 Å². The second-order valence-electron chi connectivity index (χ2n) is 5.16. The van der Waals surface area contributed by atoms with Crippen molar-refractivity contribution in [1.29, 1.82) is 0 Å². The molecule has 0 aliphatic heterocycles. The summed E-state index contributed by atoms with van der Waals surface area (Å²) in [4.78, 5) is 4.50. The highest BCUT2D eigenvalue weighted by molar-refractivity contribution is 7.09. The summed E-state index contributed by atoms with van der Waals surface area (Å²) < 4.78 is 14.9. The molecule has 5 nitrogen and oxygen atoms in total. The van der Waals surface area contributed by atoms with Crippen molar-refractivity contribution < 1.29 is 9.47 Å². The molecule has 2 aromatic rings. The molecule has 1 N–H and O–H groups in total. The summed E-state index contributed by atoms with van der Waals surface area (Å²) >= 11 is 1.40. The quantitative estimate of drug-likeness (QED) is 0.851. The van der Waals surface area contributed by atoms with Crippen LogP contribution in [0, 0.1) is 5.92 Å². The fraction of sp³-hybridized carbons (Fsp3) is 0.467. The molecule has 1 aromatic heterocycles. The molecule has 0 unspecified atom stereocenters. The number of rotatable bonds is 7. The maximum atomic E-state index is 5.31. The molecular formula is C15H21N3O2S. The molecule has 0 radical (unpaired) electrons. The van der Waals surface area contributed by atoms with Crippen LogP contribution in [0.3, 0.4) is 0 Å². The van der Waals surface area contributed by atoms with Gasteiger partial charge in [-0.05, 0) is 23.6 Å². The molecule has 0 aliphatic carbocycles. The molecule has 2 rings (SSSR count). The normalized spacial score (nSPS) is 10.7. The van der Waals surface area contributed by atoms with Crippen molar-refractivity contribution in [2.75, 3.05) is 26.1 Å². The summed E-state index contributed by atoms with van der Waals surface area (Å²) in [6, 6.07) is 5.86. The zero-order valence-electron chi connectivity index (χ0n) is 12.8. The zero-order chi connectivity index (χ0) is 15.2. The Bertz CT molecular complexity index is 584.